The lowest BCUT2D eigenvalue weighted by Gasteiger charge is -2.14. The third kappa shape index (κ3) is 5.26. The minimum Gasteiger partial charge on any atom is -0.481 e. The number of carbonyl (C=O) groups is 2. The highest BCUT2D eigenvalue weighted by atomic mass is 16.6. The van der Waals surface area contributed by atoms with Crippen LogP contribution in [0.5, 0.6) is 0 Å². The van der Waals surface area contributed by atoms with Gasteiger partial charge in [0.15, 0.2) is 5.76 Å². The van der Waals surface area contributed by atoms with Crippen molar-refractivity contribution in [3.8, 4) is 22.5 Å². The van der Waals surface area contributed by atoms with Crippen LogP contribution in [0, 0.1) is 6.92 Å². The molecule has 1 aliphatic carbocycles. The summed E-state index contributed by atoms with van der Waals surface area (Å²) in [6, 6.07) is 25.4. The monoisotopic (exact) mass is 496 g/mol. The first-order chi connectivity index (χ1) is 17.8. The Morgan fingerprint density at radius 2 is 1.57 bits per heavy atom. The molecular weight excluding hydrogens is 468 g/mol. The molecule has 0 bridgehead atoms. The maximum absolute atomic E-state index is 12.6. The minimum atomic E-state index is -0.757. The van der Waals surface area contributed by atoms with Crippen LogP contribution in [-0.2, 0) is 14.9 Å². The Bertz CT molecular complexity index is 1400. The molecule has 1 fully saturated rings. The van der Waals surface area contributed by atoms with Crippen molar-refractivity contribution >= 4 is 17.7 Å². The van der Waals surface area contributed by atoms with Gasteiger partial charge >= 0.3 is 12.1 Å². The summed E-state index contributed by atoms with van der Waals surface area (Å²) in [7, 11) is 0. The normalized spacial score (nSPS) is 14.5. The van der Waals surface area contributed by atoms with E-state index >= 15 is 0 Å². The predicted molar refractivity (Wildman–Crippen MR) is 140 cm³/mol. The molecule has 0 saturated heterocycles. The minimum absolute atomic E-state index is 0.173. The van der Waals surface area contributed by atoms with Gasteiger partial charge < -0.3 is 14.4 Å². The van der Waals surface area contributed by atoms with E-state index in [1.807, 2.05) is 85.8 Å². The van der Waals surface area contributed by atoms with Gasteiger partial charge in [-0.05, 0) is 48.9 Å². The molecule has 2 N–H and O–H groups in total. The number of nitrogens with one attached hydrogen (secondary N) is 1. The van der Waals surface area contributed by atoms with E-state index in [2.05, 4.69) is 10.5 Å². The smallest absolute Gasteiger partial charge is 0.412 e. The van der Waals surface area contributed by atoms with Crippen LogP contribution in [0.25, 0.3) is 22.5 Å². The van der Waals surface area contributed by atoms with Crippen LogP contribution in [0.1, 0.15) is 49.1 Å². The molecule has 3 aromatic carbocycles. The number of aromatic nitrogens is 1. The number of hydrogen-bond acceptors (Lipinski definition) is 5. The zero-order valence-corrected chi connectivity index (χ0v) is 20.7. The van der Waals surface area contributed by atoms with Crippen LogP contribution in [0.2, 0.25) is 0 Å². The van der Waals surface area contributed by atoms with Crippen molar-refractivity contribution in [3.05, 3.63) is 95.7 Å². The molecule has 37 heavy (non-hydrogen) atoms. The number of rotatable bonds is 8. The Morgan fingerprint density at radius 1 is 0.973 bits per heavy atom. The number of benzene rings is 3. The van der Waals surface area contributed by atoms with Gasteiger partial charge in [0.1, 0.15) is 17.5 Å². The van der Waals surface area contributed by atoms with Crippen molar-refractivity contribution < 1.29 is 24.0 Å². The number of carbonyl (C=O) groups excluding carboxylic acids is 1. The molecule has 1 aromatic heterocycles. The molecule has 5 rings (SSSR count). The van der Waals surface area contributed by atoms with Crippen LogP contribution < -0.4 is 5.32 Å². The van der Waals surface area contributed by atoms with Crippen LogP contribution in [0.15, 0.2) is 83.4 Å². The van der Waals surface area contributed by atoms with Crippen LogP contribution in [0.4, 0.5) is 10.5 Å². The number of nitrogens with zero attached hydrogens (tertiary/aromatic N) is 1. The van der Waals surface area contributed by atoms with Crippen molar-refractivity contribution in [1.82, 2.24) is 5.16 Å². The van der Waals surface area contributed by atoms with Crippen molar-refractivity contribution in [3.63, 3.8) is 0 Å². The molecule has 1 heterocycles. The number of carboxylic acid groups (broad SMARTS) is 1. The molecule has 0 unspecified atom stereocenters. The standard InChI is InChI=1S/C30H28N2O5/c1-19-27(31-29(35)36-20(2)21-6-4-3-5-7-21)28(37-32-19)24-10-8-22(9-11-24)23-12-14-25(15-13-23)30(16-17-30)18-26(33)34/h3-15,20H,16-18H2,1-2H3,(H,31,35)(H,33,34)/t20-/m1/s1. The fourth-order valence-electron chi connectivity index (χ4n) is 4.64. The number of aliphatic carboxylic acids is 1. The van der Waals surface area contributed by atoms with Crippen molar-refractivity contribution in [2.45, 2.75) is 44.6 Å². The van der Waals surface area contributed by atoms with E-state index in [-0.39, 0.29) is 11.8 Å². The molecule has 1 atom stereocenters. The summed E-state index contributed by atoms with van der Waals surface area (Å²) < 4.78 is 11.1. The van der Waals surface area contributed by atoms with Crippen molar-refractivity contribution in [2.75, 3.05) is 5.32 Å². The van der Waals surface area contributed by atoms with E-state index in [1.165, 1.54) is 0 Å². The molecule has 0 radical (unpaired) electrons. The summed E-state index contributed by atoms with van der Waals surface area (Å²) in [6.45, 7) is 3.58. The Morgan fingerprint density at radius 3 is 2.16 bits per heavy atom. The van der Waals surface area contributed by atoms with E-state index in [1.54, 1.807) is 6.92 Å². The lowest BCUT2D eigenvalue weighted by atomic mass is 9.91. The molecule has 7 heteroatoms. The highest BCUT2D eigenvalue weighted by Gasteiger charge is 2.45. The first-order valence-electron chi connectivity index (χ1n) is 12.3. The second-order valence-corrected chi connectivity index (χ2v) is 9.56. The fraction of sp³-hybridized carbons (Fsp3) is 0.233. The van der Waals surface area contributed by atoms with Gasteiger partial charge in [0.05, 0.1) is 6.42 Å². The average molecular weight is 497 g/mol. The van der Waals surface area contributed by atoms with E-state index in [4.69, 9.17) is 9.26 Å². The molecule has 0 aliphatic heterocycles. The molecule has 188 valence electrons. The molecule has 7 nitrogen and oxygen atoms in total. The van der Waals surface area contributed by atoms with Crippen molar-refractivity contribution in [1.29, 1.82) is 0 Å². The highest BCUT2D eigenvalue weighted by molar-refractivity contribution is 5.91. The highest BCUT2D eigenvalue weighted by Crippen LogP contribution is 2.51. The summed E-state index contributed by atoms with van der Waals surface area (Å²) in [6.07, 6.45) is 1.01. The molecule has 1 amide bonds. The molecule has 4 aromatic rings. The van der Waals surface area contributed by atoms with E-state index in [0.717, 1.165) is 40.7 Å². The Hall–Kier alpha value is -4.39. The number of amides is 1. The summed E-state index contributed by atoms with van der Waals surface area (Å²) in [5.41, 5.74) is 5.61. The summed E-state index contributed by atoms with van der Waals surface area (Å²) in [4.78, 5) is 23.8. The number of anilines is 1. The maximum Gasteiger partial charge on any atom is 0.412 e. The van der Waals surface area contributed by atoms with Gasteiger partial charge in [-0.3, -0.25) is 10.1 Å². The van der Waals surface area contributed by atoms with Crippen molar-refractivity contribution in [2.24, 2.45) is 0 Å². The van der Waals surface area contributed by atoms with Gasteiger partial charge in [-0.15, -0.1) is 0 Å². The molecule has 1 saturated carbocycles. The Balaban J connectivity index is 1.29. The summed E-state index contributed by atoms with van der Waals surface area (Å²) in [5.74, 6) is -0.305. The first-order valence-corrected chi connectivity index (χ1v) is 12.3. The second kappa shape index (κ2) is 9.93. The lowest BCUT2D eigenvalue weighted by molar-refractivity contribution is -0.137. The largest absolute Gasteiger partial charge is 0.481 e. The van der Waals surface area contributed by atoms with Crippen LogP contribution in [0.3, 0.4) is 0 Å². The van der Waals surface area contributed by atoms with Crippen LogP contribution >= 0.6 is 0 Å². The topological polar surface area (TPSA) is 102 Å². The first kappa shape index (κ1) is 24.3. The Kier molecular flexibility index (Phi) is 6.53. The second-order valence-electron chi connectivity index (χ2n) is 9.56. The van der Waals surface area contributed by atoms with Gasteiger partial charge in [0.25, 0.3) is 0 Å². The van der Waals surface area contributed by atoms with E-state index < -0.39 is 18.2 Å². The van der Waals surface area contributed by atoms with Crippen LogP contribution in [-0.4, -0.2) is 22.3 Å². The number of hydrogen-bond donors (Lipinski definition) is 2. The zero-order valence-electron chi connectivity index (χ0n) is 20.7. The maximum atomic E-state index is 12.6. The third-order valence-electron chi connectivity index (χ3n) is 6.96. The van der Waals surface area contributed by atoms with E-state index in [9.17, 15) is 14.7 Å². The SMILES string of the molecule is Cc1noc(-c2ccc(-c3ccc(C4(CC(=O)O)CC4)cc3)cc2)c1NC(=O)O[C@H](C)c1ccccc1. The molecular formula is C30H28N2O5. The Labute approximate surface area is 215 Å². The predicted octanol–water partition coefficient (Wildman–Crippen LogP) is 7.13. The summed E-state index contributed by atoms with van der Waals surface area (Å²) in [5, 5.41) is 16.0. The molecule has 1 aliphatic rings. The van der Waals surface area contributed by atoms with Gasteiger partial charge in [0.2, 0.25) is 0 Å². The van der Waals surface area contributed by atoms with Gasteiger partial charge in [-0.2, -0.15) is 0 Å². The van der Waals surface area contributed by atoms with Gasteiger partial charge in [-0.25, -0.2) is 4.79 Å². The molecule has 0 spiro atoms. The van der Waals surface area contributed by atoms with Gasteiger partial charge in [0, 0.05) is 11.0 Å². The third-order valence-corrected chi connectivity index (χ3v) is 6.96. The quantitative estimate of drug-likeness (QED) is 0.269. The fourth-order valence-corrected chi connectivity index (χ4v) is 4.64. The lowest BCUT2D eigenvalue weighted by Crippen LogP contribution is -2.16. The number of carboxylic acids is 1. The van der Waals surface area contributed by atoms with Gasteiger partial charge in [-0.1, -0.05) is 84.0 Å². The van der Waals surface area contributed by atoms with E-state index in [0.29, 0.717) is 17.1 Å². The number of aryl methyl sites for hydroxylation is 1. The number of ether oxygens (including phenoxy) is 1. The average Bonchev–Trinajstić information content (AvgIpc) is 3.59. The summed E-state index contributed by atoms with van der Waals surface area (Å²) >= 11 is 0. The zero-order chi connectivity index (χ0) is 26.0.